The number of hydrogen-bond donors (Lipinski definition) is 2. The van der Waals surface area contributed by atoms with Crippen LogP contribution in [0.1, 0.15) is 24.5 Å². The van der Waals surface area contributed by atoms with Gasteiger partial charge in [-0.05, 0) is 49.6 Å². The molecule has 0 aliphatic heterocycles. The third-order valence-electron chi connectivity index (χ3n) is 3.20. The summed E-state index contributed by atoms with van der Waals surface area (Å²) in [4.78, 5) is 4.49. The summed E-state index contributed by atoms with van der Waals surface area (Å²) in [6, 6.07) is 8.83. The molecular weight excluding hydrogens is 298 g/mol. The van der Waals surface area contributed by atoms with Gasteiger partial charge in [-0.3, -0.25) is 4.72 Å². The molecule has 1 heterocycles. The maximum Gasteiger partial charge on any atom is 0.262 e. The maximum atomic E-state index is 12.5. The van der Waals surface area contributed by atoms with Crippen LogP contribution in [0.4, 0.5) is 11.5 Å². The van der Waals surface area contributed by atoms with Crippen molar-refractivity contribution in [2.75, 3.05) is 16.6 Å². The first-order valence-electron chi connectivity index (χ1n) is 7.22. The number of aromatic nitrogens is 1. The third kappa shape index (κ3) is 3.98. The summed E-state index contributed by atoms with van der Waals surface area (Å²) in [5.41, 5.74) is 2.07. The highest BCUT2D eigenvalue weighted by molar-refractivity contribution is 7.92. The zero-order valence-electron chi connectivity index (χ0n) is 13.1. The molecule has 0 bridgehead atoms. The molecule has 5 nitrogen and oxygen atoms in total. The molecule has 0 spiro atoms. The molecule has 0 saturated carbocycles. The minimum Gasteiger partial charge on any atom is -0.370 e. The summed E-state index contributed by atoms with van der Waals surface area (Å²) in [7, 11) is -3.61. The first-order chi connectivity index (χ1) is 10.4. The van der Waals surface area contributed by atoms with Gasteiger partial charge < -0.3 is 5.32 Å². The van der Waals surface area contributed by atoms with E-state index in [0.29, 0.717) is 16.1 Å². The van der Waals surface area contributed by atoms with Gasteiger partial charge in [0.1, 0.15) is 5.82 Å². The predicted octanol–water partition coefficient (Wildman–Crippen LogP) is 3.32. The fourth-order valence-corrected chi connectivity index (χ4v) is 3.39. The number of rotatable bonds is 6. The van der Waals surface area contributed by atoms with Crippen LogP contribution in [0.15, 0.2) is 41.4 Å². The Morgan fingerprint density at radius 3 is 2.55 bits per heavy atom. The summed E-state index contributed by atoms with van der Waals surface area (Å²) in [5.74, 6) is 0.733. The number of nitrogens with zero attached hydrogens (tertiary/aromatic N) is 1. The fraction of sp³-hybridized carbons (Fsp3) is 0.312. The van der Waals surface area contributed by atoms with E-state index in [4.69, 9.17) is 0 Å². The molecule has 0 radical (unpaired) electrons. The minimum atomic E-state index is -3.61. The maximum absolute atomic E-state index is 12.5. The largest absolute Gasteiger partial charge is 0.370 e. The number of anilines is 2. The molecule has 1 aromatic heterocycles. The van der Waals surface area contributed by atoms with Crippen LogP contribution in [-0.2, 0) is 10.0 Å². The number of benzene rings is 1. The third-order valence-corrected chi connectivity index (χ3v) is 4.73. The van der Waals surface area contributed by atoms with Gasteiger partial charge in [-0.1, -0.05) is 19.1 Å². The SMILES string of the molecule is CCCNc1ccc(NS(=O)(=O)c2cc(C)ccc2C)cn1. The van der Waals surface area contributed by atoms with E-state index in [-0.39, 0.29) is 0 Å². The summed E-state index contributed by atoms with van der Waals surface area (Å²) >= 11 is 0. The second-order valence-electron chi connectivity index (χ2n) is 5.23. The molecule has 0 unspecified atom stereocenters. The van der Waals surface area contributed by atoms with Gasteiger partial charge in [-0.2, -0.15) is 0 Å². The van der Waals surface area contributed by atoms with Gasteiger partial charge >= 0.3 is 0 Å². The average molecular weight is 319 g/mol. The van der Waals surface area contributed by atoms with Crippen LogP contribution >= 0.6 is 0 Å². The van der Waals surface area contributed by atoms with Crippen LogP contribution in [0.2, 0.25) is 0 Å². The van der Waals surface area contributed by atoms with Gasteiger partial charge in [-0.15, -0.1) is 0 Å². The van der Waals surface area contributed by atoms with Crippen molar-refractivity contribution in [2.45, 2.75) is 32.1 Å². The van der Waals surface area contributed by atoms with Crippen molar-refractivity contribution in [1.29, 1.82) is 0 Å². The van der Waals surface area contributed by atoms with Crippen LogP contribution in [0.3, 0.4) is 0 Å². The van der Waals surface area contributed by atoms with E-state index in [1.54, 1.807) is 31.2 Å². The Hall–Kier alpha value is -2.08. The Bertz CT molecular complexity index is 740. The summed E-state index contributed by atoms with van der Waals surface area (Å²) in [6.07, 6.45) is 2.52. The van der Waals surface area contributed by atoms with Crippen LogP contribution < -0.4 is 10.0 Å². The molecule has 0 aliphatic rings. The van der Waals surface area contributed by atoms with Crippen LogP contribution in [0.5, 0.6) is 0 Å². The Labute approximate surface area is 131 Å². The molecule has 0 fully saturated rings. The Morgan fingerprint density at radius 2 is 1.91 bits per heavy atom. The molecule has 0 aliphatic carbocycles. The molecule has 22 heavy (non-hydrogen) atoms. The van der Waals surface area contributed by atoms with Crippen molar-refractivity contribution in [3.05, 3.63) is 47.7 Å². The van der Waals surface area contributed by atoms with E-state index >= 15 is 0 Å². The predicted molar refractivity (Wildman–Crippen MR) is 89.7 cm³/mol. The van der Waals surface area contributed by atoms with Crippen molar-refractivity contribution >= 4 is 21.5 Å². The second-order valence-corrected chi connectivity index (χ2v) is 6.88. The standard InChI is InChI=1S/C16H21N3O2S/c1-4-9-17-16-8-7-14(11-18-16)19-22(20,21)15-10-12(2)5-6-13(15)3/h5-8,10-11,19H,4,9H2,1-3H3,(H,17,18). The molecule has 6 heteroatoms. The topological polar surface area (TPSA) is 71.1 Å². The first kappa shape index (κ1) is 16.3. The fourth-order valence-electron chi connectivity index (χ4n) is 2.02. The van der Waals surface area contributed by atoms with Gasteiger partial charge in [0, 0.05) is 6.54 Å². The molecule has 2 aromatic rings. The highest BCUT2D eigenvalue weighted by Crippen LogP contribution is 2.20. The smallest absolute Gasteiger partial charge is 0.262 e. The second kappa shape index (κ2) is 6.79. The van der Waals surface area contributed by atoms with Crippen molar-refractivity contribution in [2.24, 2.45) is 0 Å². The molecule has 2 N–H and O–H groups in total. The van der Waals surface area contributed by atoms with E-state index in [1.165, 1.54) is 6.20 Å². The lowest BCUT2D eigenvalue weighted by atomic mass is 10.2. The Kier molecular flexibility index (Phi) is 5.03. The zero-order valence-corrected chi connectivity index (χ0v) is 13.9. The highest BCUT2D eigenvalue weighted by atomic mass is 32.2. The van der Waals surface area contributed by atoms with Crippen molar-refractivity contribution in [1.82, 2.24) is 4.98 Å². The lowest BCUT2D eigenvalue weighted by Crippen LogP contribution is -2.14. The highest BCUT2D eigenvalue weighted by Gasteiger charge is 2.17. The number of nitrogens with one attached hydrogen (secondary N) is 2. The number of pyridine rings is 1. The number of hydrogen-bond acceptors (Lipinski definition) is 4. The average Bonchev–Trinajstić information content (AvgIpc) is 2.48. The van der Waals surface area contributed by atoms with Gasteiger partial charge in [0.15, 0.2) is 0 Å². The quantitative estimate of drug-likeness (QED) is 0.857. The Morgan fingerprint density at radius 1 is 1.14 bits per heavy atom. The molecular formula is C16H21N3O2S. The van der Waals surface area contributed by atoms with Gasteiger partial charge in [0.25, 0.3) is 10.0 Å². The monoisotopic (exact) mass is 319 g/mol. The molecule has 2 rings (SSSR count). The van der Waals surface area contributed by atoms with Gasteiger partial charge in [-0.25, -0.2) is 13.4 Å². The normalized spacial score (nSPS) is 11.2. The van der Waals surface area contributed by atoms with E-state index < -0.39 is 10.0 Å². The minimum absolute atomic E-state index is 0.292. The van der Waals surface area contributed by atoms with E-state index in [9.17, 15) is 8.42 Å². The van der Waals surface area contributed by atoms with Crippen molar-refractivity contribution in [3.8, 4) is 0 Å². The van der Waals surface area contributed by atoms with Gasteiger partial charge in [0.05, 0.1) is 16.8 Å². The molecule has 0 atom stereocenters. The van der Waals surface area contributed by atoms with E-state index in [1.807, 2.05) is 13.0 Å². The van der Waals surface area contributed by atoms with E-state index in [2.05, 4.69) is 21.9 Å². The summed E-state index contributed by atoms with van der Waals surface area (Å²) < 4.78 is 27.5. The van der Waals surface area contributed by atoms with Crippen LogP contribution in [0, 0.1) is 13.8 Å². The number of aryl methyl sites for hydroxylation is 2. The molecule has 0 amide bonds. The van der Waals surface area contributed by atoms with E-state index in [0.717, 1.165) is 24.3 Å². The summed E-state index contributed by atoms with van der Waals surface area (Å²) in [6.45, 7) is 6.55. The number of sulfonamides is 1. The summed E-state index contributed by atoms with van der Waals surface area (Å²) in [5, 5.41) is 3.14. The molecule has 118 valence electrons. The lowest BCUT2D eigenvalue weighted by molar-refractivity contribution is 0.600. The van der Waals surface area contributed by atoms with Crippen LogP contribution in [0.25, 0.3) is 0 Å². The van der Waals surface area contributed by atoms with Crippen molar-refractivity contribution < 1.29 is 8.42 Å². The molecule has 1 aromatic carbocycles. The van der Waals surface area contributed by atoms with Crippen molar-refractivity contribution in [3.63, 3.8) is 0 Å². The molecule has 0 saturated heterocycles. The van der Waals surface area contributed by atoms with Gasteiger partial charge in [0.2, 0.25) is 0 Å². The van der Waals surface area contributed by atoms with Crippen LogP contribution in [-0.4, -0.2) is 19.9 Å². The lowest BCUT2D eigenvalue weighted by Gasteiger charge is -2.11. The zero-order chi connectivity index (χ0) is 16.2. The Balaban J connectivity index is 2.20. The first-order valence-corrected chi connectivity index (χ1v) is 8.70.